The normalized spacial score (nSPS) is 25.1. The zero-order valence-electron chi connectivity index (χ0n) is 21.2. The van der Waals surface area contributed by atoms with Crippen LogP contribution in [-0.4, -0.2) is 80.3 Å². The number of carbonyl (C=O) groups excluding carboxylic acids is 1. The molecule has 10 nitrogen and oxygen atoms in total. The molecule has 1 saturated heterocycles. The van der Waals surface area contributed by atoms with Gasteiger partial charge in [-0.15, -0.1) is 0 Å². The first kappa shape index (κ1) is 27.8. The van der Waals surface area contributed by atoms with Gasteiger partial charge >= 0.3 is 0 Å². The number of benzene rings is 3. The summed E-state index contributed by atoms with van der Waals surface area (Å²) in [7, 11) is 1.43. The summed E-state index contributed by atoms with van der Waals surface area (Å²) in [6.45, 7) is 3.00. The highest BCUT2D eigenvalue weighted by atomic mass is 16.7. The minimum absolute atomic E-state index is 0.0236. The smallest absolute Gasteiger partial charge is 0.229 e. The van der Waals surface area contributed by atoms with E-state index in [1.165, 1.54) is 20.1 Å². The fraction of sp³-hybridized carbons (Fsp3) is 0.393. The molecule has 3 aromatic carbocycles. The zero-order valence-corrected chi connectivity index (χ0v) is 21.2. The lowest BCUT2D eigenvalue weighted by Gasteiger charge is -2.42. The summed E-state index contributed by atoms with van der Waals surface area (Å²) in [6, 6.07) is 13.3. The Morgan fingerprint density at radius 2 is 1.71 bits per heavy atom. The molecule has 38 heavy (non-hydrogen) atoms. The number of rotatable bonds is 8. The lowest BCUT2D eigenvalue weighted by molar-refractivity contribution is -0.289. The van der Waals surface area contributed by atoms with Crippen molar-refractivity contribution in [2.75, 3.05) is 7.11 Å². The van der Waals surface area contributed by atoms with Crippen LogP contribution in [0, 0.1) is 6.92 Å². The molecule has 7 atom stereocenters. The molecule has 3 aromatic rings. The first-order chi connectivity index (χ1) is 18.0. The monoisotopic (exact) mass is 528 g/mol. The minimum Gasteiger partial charge on any atom is -0.506 e. The Morgan fingerprint density at radius 3 is 2.34 bits per heavy atom. The van der Waals surface area contributed by atoms with Crippen LogP contribution in [0.15, 0.2) is 48.5 Å². The average molecular weight is 529 g/mol. The fourth-order valence-corrected chi connectivity index (χ4v) is 4.84. The first-order valence-corrected chi connectivity index (χ1v) is 12.2. The summed E-state index contributed by atoms with van der Waals surface area (Å²) in [5.41, 5.74) is 1.17. The van der Waals surface area contributed by atoms with Crippen LogP contribution in [0.3, 0.4) is 0 Å². The Kier molecular flexibility index (Phi) is 8.22. The first-order valence-electron chi connectivity index (χ1n) is 12.2. The van der Waals surface area contributed by atoms with E-state index in [4.69, 9.17) is 14.2 Å². The zero-order chi connectivity index (χ0) is 27.7. The maximum atomic E-state index is 12.2. The SMILES string of the molecule is COc1cc(O[C@H]2O[C@H]([C@H](O)C[C@H](O)c3ccccc3)[C@@H](O)[C@H](O)[C@H]2O)c2c(O)c(C(C)=O)c(C)cc2c1. The van der Waals surface area contributed by atoms with Crippen molar-refractivity contribution in [2.24, 2.45) is 0 Å². The molecule has 1 aliphatic heterocycles. The van der Waals surface area contributed by atoms with Gasteiger partial charge in [0.05, 0.1) is 30.3 Å². The van der Waals surface area contributed by atoms with Gasteiger partial charge in [-0.2, -0.15) is 0 Å². The van der Waals surface area contributed by atoms with Crippen molar-refractivity contribution in [1.82, 2.24) is 0 Å². The number of phenols is 1. The Balaban J connectivity index is 1.66. The van der Waals surface area contributed by atoms with E-state index >= 15 is 0 Å². The number of carbonyl (C=O) groups is 1. The number of aliphatic hydroxyl groups is 5. The number of aliphatic hydroxyl groups excluding tert-OH is 5. The number of Topliss-reactive ketones (excluding diaryl/α,β-unsaturated/α-hetero) is 1. The maximum Gasteiger partial charge on any atom is 0.229 e. The highest BCUT2D eigenvalue weighted by Crippen LogP contribution is 2.42. The number of ether oxygens (including phenoxy) is 3. The molecule has 0 aromatic heterocycles. The van der Waals surface area contributed by atoms with Gasteiger partial charge in [0.25, 0.3) is 0 Å². The average Bonchev–Trinajstić information content (AvgIpc) is 2.88. The summed E-state index contributed by atoms with van der Waals surface area (Å²) in [5.74, 6) is -0.380. The number of fused-ring (bicyclic) bond motifs is 1. The molecule has 0 bridgehead atoms. The number of hydrogen-bond acceptors (Lipinski definition) is 10. The molecule has 1 aliphatic rings. The van der Waals surface area contributed by atoms with Crippen LogP contribution in [-0.2, 0) is 4.74 Å². The van der Waals surface area contributed by atoms with Crippen molar-refractivity contribution in [3.63, 3.8) is 0 Å². The molecule has 6 N–H and O–H groups in total. The Hall–Kier alpha value is -3.25. The predicted molar refractivity (Wildman–Crippen MR) is 136 cm³/mol. The lowest BCUT2D eigenvalue weighted by atomic mass is 9.91. The molecule has 0 amide bonds. The van der Waals surface area contributed by atoms with Gasteiger partial charge in [0, 0.05) is 12.5 Å². The minimum atomic E-state index is -1.76. The van der Waals surface area contributed by atoms with Gasteiger partial charge in [-0.3, -0.25) is 4.79 Å². The molecule has 0 aliphatic carbocycles. The standard InChI is InChI=1S/C28H32O10/c1-13-9-16-10-17(36-3)11-20(22(16)23(32)21(13)14(2)29)37-28-26(35)24(33)25(34)27(38-28)19(31)12-18(30)15-7-5-4-6-8-15/h4-11,18-19,24-28,30-35H,12H2,1-3H3/t18-,19+,24-,25-,26+,27+,28-/m0/s1. The Morgan fingerprint density at radius 1 is 1.03 bits per heavy atom. The summed E-state index contributed by atoms with van der Waals surface area (Å²) < 4.78 is 16.9. The summed E-state index contributed by atoms with van der Waals surface area (Å²) in [4.78, 5) is 12.2. The molecule has 4 rings (SSSR count). The quantitative estimate of drug-likeness (QED) is 0.237. The van der Waals surface area contributed by atoms with Crippen LogP contribution in [0.4, 0.5) is 0 Å². The number of aromatic hydroxyl groups is 1. The van der Waals surface area contributed by atoms with Crippen LogP contribution in [0.2, 0.25) is 0 Å². The van der Waals surface area contributed by atoms with Gasteiger partial charge in [0.2, 0.25) is 6.29 Å². The Labute approximate surface area is 219 Å². The molecular formula is C28H32O10. The van der Waals surface area contributed by atoms with Gasteiger partial charge in [-0.1, -0.05) is 36.4 Å². The molecule has 1 fully saturated rings. The van der Waals surface area contributed by atoms with E-state index in [1.807, 2.05) is 0 Å². The van der Waals surface area contributed by atoms with E-state index in [0.29, 0.717) is 22.3 Å². The van der Waals surface area contributed by atoms with Gasteiger partial charge in [0.1, 0.15) is 41.7 Å². The van der Waals surface area contributed by atoms with Crippen LogP contribution < -0.4 is 9.47 Å². The third-order valence-electron chi connectivity index (χ3n) is 6.81. The maximum absolute atomic E-state index is 12.2. The second kappa shape index (κ2) is 11.2. The number of aryl methyl sites for hydroxylation is 1. The summed E-state index contributed by atoms with van der Waals surface area (Å²) in [6.07, 6.45) is -11.0. The van der Waals surface area contributed by atoms with Gasteiger partial charge in [-0.05, 0) is 36.4 Å². The molecule has 0 spiro atoms. The van der Waals surface area contributed by atoms with Crippen LogP contribution >= 0.6 is 0 Å². The van der Waals surface area contributed by atoms with Crippen molar-refractivity contribution >= 4 is 16.6 Å². The number of methoxy groups -OCH3 is 1. The highest BCUT2D eigenvalue weighted by Gasteiger charge is 2.48. The number of ketones is 1. The third kappa shape index (κ3) is 5.32. The van der Waals surface area contributed by atoms with E-state index in [1.54, 1.807) is 49.4 Å². The van der Waals surface area contributed by atoms with Crippen molar-refractivity contribution in [3.05, 3.63) is 65.2 Å². The summed E-state index contributed by atoms with van der Waals surface area (Å²) >= 11 is 0. The van der Waals surface area contributed by atoms with Crippen molar-refractivity contribution in [1.29, 1.82) is 0 Å². The molecule has 1 heterocycles. The highest BCUT2D eigenvalue weighted by molar-refractivity contribution is 6.07. The van der Waals surface area contributed by atoms with Crippen molar-refractivity contribution in [3.8, 4) is 17.2 Å². The largest absolute Gasteiger partial charge is 0.506 e. The van der Waals surface area contributed by atoms with E-state index < -0.39 is 42.9 Å². The van der Waals surface area contributed by atoms with Crippen LogP contribution in [0.25, 0.3) is 10.8 Å². The van der Waals surface area contributed by atoms with Crippen LogP contribution in [0.5, 0.6) is 17.2 Å². The van der Waals surface area contributed by atoms with E-state index in [2.05, 4.69) is 0 Å². The van der Waals surface area contributed by atoms with Crippen molar-refractivity contribution in [2.45, 2.75) is 63.2 Å². The topological polar surface area (TPSA) is 166 Å². The second-order valence-electron chi connectivity index (χ2n) is 9.49. The fourth-order valence-electron chi connectivity index (χ4n) is 4.84. The summed E-state index contributed by atoms with van der Waals surface area (Å²) in [5, 5.41) is 64.6. The third-order valence-corrected chi connectivity index (χ3v) is 6.81. The van der Waals surface area contributed by atoms with Gasteiger partial charge in [-0.25, -0.2) is 0 Å². The van der Waals surface area contributed by atoms with E-state index in [0.717, 1.165) is 0 Å². The molecule has 0 saturated carbocycles. The lowest BCUT2D eigenvalue weighted by Crippen LogP contribution is -2.62. The second-order valence-corrected chi connectivity index (χ2v) is 9.49. The predicted octanol–water partition coefficient (Wildman–Crippen LogP) is 1.74. The van der Waals surface area contributed by atoms with Crippen LogP contribution in [0.1, 0.15) is 40.9 Å². The van der Waals surface area contributed by atoms with E-state index in [9.17, 15) is 35.4 Å². The molecular weight excluding hydrogens is 496 g/mol. The van der Waals surface area contributed by atoms with Crippen molar-refractivity contribution < 1.29 is 49.6 Å². The molecule has 10 heteroatoms. The Bertz CT molecular complexity index is 1290. The number of phenolic OH excluding ortho intramolecular Hbond substituents is 1. The van der Waals surface area contributed by atoms with Gasteiger partial charge in [0.15, 0.2) is 5.78 Å². The van der Waals surface area contributed by atoms with E-state index in [-0.39, 0.29) is 34.7 Å². The molecule has 0 radical (unpaired) electrons. The number of hydrogen-bond donors (Lipinski definition) is 6. The molecule has 204 valence electrons. The van der Waals surface area contributed by atoms with Gasteiger partial charge < -0.3 is 44.8 Å². The molecule has 0 unspecified atom stereocenters.